The molecule has 2 saturated carbocycles. The van der Waals surface area contributed by atoms with E-state index in [0.717, 1.165) is 12.0 Å². The Morgan fingerprint density at radius 3 is 2.33 bits per heavy atom. The Bertz CT molecular complexity index is 1230. The van der Waals surface area contributed by atoms with E-state index in [9.17, 15) is 19.2 Å². The number of Topliss-reactive ketones (excluding diaryl/α,β-unsaturated/α-hetero) is 1. The number of hydrogen-bond acceptors (Lipinski definition) is 8. The minimum atomic E-state index is -1.68. The number of fused-ring (bicyclic) bond motifs is 2. The smallest absolute Gasteiger partial charge is 0.310 e. The van der Waals surface area contributed by atoms with Gasteiger partial charge < -0.3 is 18.9 Å². The Morgan fingerprint density at radius 1 is 1.05 bits per heavy atom. The molecule has 5 rings (SSSR count). The zero-order valence-electron chi connectivity index (χ0n) is 24.2. The summed E-state index contributed by atoms with van der Waals surface area (Å²) < 4.78 is 24.2. The van der Waals surface area contributed by atoms with Gasteiger partial charge in [0, 0.05) is 20.3 Å². The fourth-order valence-electron chi connectivity index (χ4n) is 7.55. The first-order chi connectivity index (χ1) is 18.8. The van der Waals surface area contributed by atoms with Crippen molar-refractivity contribution in [1.82, 2.24) is 0 Å². The molecule has 40 heavy (non-hydrogen) atoms. The predicted octanol–water partition coefficient (Wildman–Crippen LogP) is 4.38. The molecule has 0 aromatic heterocycles. The molecule has 1 heterocycles. The standard InChI is InChI=1S/C32H40O8/c1-18-14-24-23(30(24,5)6)12-13-31(17-37-31)29(38-20(3)33)26-27(39-25(35)15-22-10-8-7-9-11-22)19(2)16-32(26,28(18)36)40-21(4)34/h7-11,14,19,23-24,26-27,29H,12-13,15-17H2,1-6H3/b18-14-/t19-,23-,24+,26+,27-,29+,31-,32+/m0/s1. The van der Waals surface area contributed by atoms with Crippen molar-refractivity contribution in [1.29, 1.82) is 0 Å². The number of carbonyl (C=O) groups excluding carboxylic acids is 4. The van der Waals surface area contributed by atoms with Crippen molar-refractivity contribution < 1.29 is 38.1 Å². The van der Waals surface area contributed by atoms with Crippen molar-refractivity contribution in [3.63, 3.8) is 0 Å². The largest absolute Gasteiger partial charge is 0.461 e. The summed E-state index contributed by atoms with van der Waals surface area (Å²) in [7, 11) is 0. The molecule has 8 heteroatoms. The maximum atomic E-state index is 14.5. The Balaban J connectivity index is 1.61. The molecule has 4 aliphatic rings. The van der Waals surface area contributed by atoms with E-state index in [1.54, 1.807) is 6.92 Å². The fraction of sp³-hybridized carbons (Fsp3) is 0.625. The number of rotatable bonds is 5. The monoisotopic (exact) mass is 552 g/mol. The second-order valence-corrected chi connectivity index (χ2v) is 12.9. The van der Waals surface area contributed by atoms with Crippen LogP contribution in [0.15, 0.2) is 42.0 Å². The zero-order chi connectivity index (χ0) is 29.0. The highest BCUT2D eigenvalue weighted by molar-refractivity contribution is 6.03. The minimum absolute atomic E-state index is 0.0141. The normalized spacial score (nSPS) is 39.0. The lowest BCUT2D eigenvalue weighted by Gasteiger charge is -2.41. The molecular formula is C32H40O8. The van der Waals surface area contributed by atoms with E-state index in [0.29, 0.717) is 24.5 Å². The van der Waals surface area contributed by atoms with Gasteiger partial charge in [0.2, 0.25) is 5.78 Å². The molecule has 8 atom stereocenters. The molecule has 0 unspecified atom stereocenters. The van der Waals surface area contributed by atoms with Crippen LogP contribution in [-0.2, 0) is 44.5 Å². The van der Waals surface area contributed by atoms with E-state index in [-0.39, 0.29) is 35.9 Å². The Morgan fingerprint density at radius 2 is 1.73 bits per heavy atom. The van der Waals surface area contributed by atoms with Crippen molar-refractivity contribution >= 4 is 23.7 Å². The van der Waals surface area contributed by atoms with Crippen LogP contribution in [0.1, 0.15) is 66.4 Å². The minimum Gasteiger partial charge on any atom is -0.461 e. The summed E-state index contributed by atoms with van der Waals surface area (Å²) in [4.78, 5) is 52.9. The molecule has 3 fully saturated rings. The molecule has 0 amide bonds. The number of carbonyl (C=O) groups is 4. The lowest BCUT2D eigenvalue weighted by Crippen LogP contribution is -2.58. The Labute approximate surface area is 235 Å². The number of ether oxygens (including phenoxy) is 4. The van der Waals surface area contributed by atoms with E-state index < -0.39 is 47.2 Å². The number of esters is 3. The number of epoxide rings is 1. The summed E-state index contributed by atoms with van der Waals surface area (Å²) in [6, 6.07) is 9.25. The van der Waals surface area contributed by atoms with Crippen LogP contribution in [0.2, 0.25) is 0 Å². The van der Waals surface area contributed by atoms with E-state index in [2.05, 4.69) is 13.8 Å². The van der Waals surface area contributed by atoms with Crippen LogP contribution < -0.4 is 0 Å². The van der Waals surface area contributed by atoms with E-state index in [1.165, 1.54) is 13.8 Å². The van der Waals surface area contributed by atoms with E-state index in [1.807, 2.05) is 43.3 Å². The molecule has 0 bridgehead atoms. The van der Waals surface area contributed by atoms with Gasteiger partial charge in [-0.3, -0.25) is 19.2 Å². The van der Waals surface area contributed by atoms with Crippen LogP contribution in [0.5, 0.6) is 0 Å². The summed E-state index contributed by atoms with van der Waals surface area (Å²) in [5.41, 5.74) is -1.22. The van der Waals surface area contributed by atoms with Gasteiger partial charge in [0.15, 0.2) is 5.60 Å². The second-order valence-electron chi connectivity index (χ2n) is 12.9. The van der Waals surface area contributed by atoms with Gasteiger partial charge in [-0.25, -0.2) is 0 Å². The van der Waals surface area contributed by atoms with Gasteiger partial charge in [-0.05, 0) is 54.1 Å². The van der Waals surface area contributed by atoms with Gasteiger partial charge in [-0.1, -0.05) is 57.2 Å². The first kappa shape index (κ1) is 28.5. The van der Waals surface area contributed by atoms with Gasteiger partial charge in [-0.15, -0.1) is 0 Å². The highest BCUT2D eigenvalue weighted by Gasteiger charge is 2.71. The van der Waals surface area contributed by atoms with Crippen molar-refractivity contribution in [3.8, 4) is 0 Å². The maximum Gasteiger partial charge on any atom is 0.310 e. The van der Waals surface area contributed by atoms with Crippen molar-refractivity contribution in [2.75, 3.05) is 6.61 Å². The molecular weight excluding hydrogens is 512 g/mol. The van der Waals surface area contributed by atoms with Gasteiger partial charge in [0.25, 0.3) is 0 Å². The summed E-state index contributed by atoms with van der Waals surface area (Å²) in [5, 5.41) is 0. The molecule has 1 aromatic rings. The van der Waals surface area contributed by atoms with E-state index >= 15 is 0 Å². The molecule has 0 radical (unpaired) electrons. The van der Waals surface area contributed by atoms with Crippen molar-refractivity contribution in [2.45, 2.75) is 90.6 Å². The zero-order valence-corrected chi connectivity index (χ0v) is 24.2. The highest BCUT2D eigenvalue weighted by Crippen LogP contribution is 2.64. The number of hydrogen-bond donors (Lipinski definition) is 0. The van der Waals surface area contributed by atoms with Gasteiger partial charge in [0.1, 0.15) is 17.8 Å². The van der Waals surface area contributed by atoms with Gasteiger partial charge in [0.05, 0.1) is 18.9 Å². The summed E-state index contributed by atoms with van der Waals surface area (Å²) in [6.07, 6.45) is 1.85. The average molecular weight is 553 g/mol. The van der Waals surface area contributed by atoms with Crippen LogP contribution in [0.3, 0.4) is 0 Å². The van der Waals surface area contributed by atoms with Crippen LogP contribution in [0, 0.1) is 29.1 Å². The summed E-state index contributed by atoms with van der Waals surface area (Å²) in [5.74, 6) is -2.72. The topological polar surface area (TPSA) is 108 Å². The molecule has 3 aliphatic carbocycles. The number of ketones is 1. The fourth-order valence-corrected chi connectivity index (χ4v) is 7.55. The lowest BCUT2D eigenvalue weighted by molar-refractivity contribution is -0.190. The van der Waals surface area contributed by atoms with Gasteiger partial charge in [-0.2, -0.15) is 0 Å². The van der Waals surface area contributed by atoms with Crippen molar-refractivity contribution in [3.05, 3.63) is 47.5 Å². The third kappa shape index (κ3) is 5.00. The third-order valence-corrected chi connectivity index (χ3v) is 9.71. The van der Waals surface area contributed by atoms with Crippen LogP contribution in [0.4, 0.5) is 0 Å². The lowest BCUT2D eigenvalue weighted by atomic mass is 9.74. The first-order valence-corrected chi connectivity index (χ1v) is 14.3. The SMILES string of the molecule is CC(=O)O[C@@H]1[C@H]2[C@@H](OC(=O)Cc3ccccc3)[C@@H](C)C[C@]2(OC(C)=O)C(=O)/C(C)=C\[C@@H]2[C@H](CC[C@]13CO3)C2(C)C. The van der Waals surface area contributed by atoms with Crippen molar-refractivity contribution in [2.24, 2.45) is 29.1 Å². The number of allylic oxidation sites excluding steroid dienone is 1. The highest BCUT2D eigenvalue weighted by atomic mass is 16.6. The summed E-state index contributed by atoms with van der Waals surface area (Å²) >= 11 is 0. The first-order valence-electron chi connectivity index (χ1n) is 14.3. The molecule has 0 N–H and O–H groups in total. The van der Waals surface area contributed by atoms with Crippen LogP contribution in [-0.4, -0.2) is 53.7 Å². The predicted molar refractivity (Wildman–Crippen MR) is 145 cm³/mol. The van der Waals surface area contributed by atoms with Crippen LogP contribution >= 0.6 is 0 Å². The maximum absolute atomic E-state index is 14.5. The van der Waals surface area contributed by atoms with Gasteiger partial charge >= 0.3 is 17.9 Å². The Hall–Kier alpha value is -3.00. The van der Waals surface area contributed by atoms with Crippen LogP contribution in [0.25, 0.3) is 0 Å². The molecule has 1 aromatic carbocycles. The summed E-state index contributed by atoms with van der Waals surface area (Å²) in [6.45, 7) is 11.0. The average Bonchev–Trinajstić information content (AvgIpc) is 3.73. The van der Waals surface area contributed by atoms with E-state index in [4.69, 9.17) is 18.9 Å². The molecule has 216 valence electrons. The molecule has 1 saturated heterocycles. The number of benzene rings is 1. The Kier molecular flexibility index (Phi) is 7.22. The second kappa shape index (κ2) is 10.1. The third-order valence-electron chi connectivity index (χ3n) is 9.71. The quantitative estimate of drug-likeness (QED) is 0.301. The molecule has 1 spiro atoms. The molecule has 1 aliphatic heterocycles. The molecule has 8 nitrogen and oxygen atoms in total.